The summed E-state index contributed by atoms with van der Waals surface area (Å²) in [5.74, 6) is -0.214. The average Bonchev–Trinajstić information content (AvgIpc) is 3.17. The van der Waals surface area contributed by atoms with Gasteiger partial charge < -0.3 is 10.3 Å². The fraction of sp³-hybridized carbons (Fsp3) is 0.0714. The molecule has 2 heterocycles. The van der Waals surface area contributed by atoms with E-state index in [1.807, 2.05) is 30.3 Å². The Morgan fingerprint density at radius 3 is 2.85 bits per heavy atom. The molecule has 0 radical (unpaired) electrons. The van der Waals surface area contributed by atoms with Gasteiger partial charge in [0.2, 0.25) is 0 Å². The van der Waals surface area contributed by atoms with Crippen LogP contribution in [0.25, 0.3) is 5.69 Å². The van der Waals surface area contributed by atoms with E-state index in [0.29, 0.717) is 12.2 Å². The van der Waals surface area contributed by atoms with Crippen LogP contribution < -0.4 is 5.32 Å². The first-order chi connectivity index (χ1) is 9.83. The number of carbonyl (C=O) groups excluding carboxylic acids is 1. The molecule has 0 atom stereocenters. The van der Waals surface area contributed by atoms with E-state index in [1.165, 1.54) is 0 Å². The number of nitrogens with one attached hydrogen (secondary N) is 2. The Bertz CT molecular complexity index is 687. The van der Waals surface area contributed by atoms with Crippen molar-refractivity contribution in [2.24, 2.45) is 0 Å². The summed E-state index contributed by atoms with van der Waals surface area (Å²) in [5, 5.41) is 7.04. The summed E-state index contributed by atoms with van der Waals surface area (Å²) in [6.07, 6.45) is 5.01. The number of rotatable bonds is 4. The minimum Gasteiger partial charge on any atom is -0.347 e. The highest BCUT2D eigenvalue weighted by Crippen LogP contribution is 2.06. The van der Waals surface area contributed by atoms with E-state index in [-0.39, 0.29) is 5.91 Å². The second-order valence-electron chi connectivity index (χ2n) is 4.24. The summed E-state index contributed by atoms with van der Waals surface area (Å²) in [6.45, 7) is 0.400. The number of nitrogens with zero attached hydrogens (tertiary/aromatic N) is 3. The molecule has 0 saturated heterocycles. The highest BCUT2D eigenvalue weighted by Gasteiger charge is 2.09. The molecular weight excluding hydrogens is 254 g/mol. The van der Waals surface area contributed by atoms with Gasteiger partial charge in [-0.2, -0.15) is 5.10 Å². The van der Waals surface area contributed by atoms with Crippen LogP contribution in [0.4, 0.5) is 0 Å². The summed E-state index contributed by atoms with van der Waals surface area (Å²) in [5.41, 5.74) is 2.15. The average molecular weight is 267 g/mol. The second kappa shape index (κ2) is 5.40. The Labute approximate surface area is 115 Å². The van der Waals surface area contributed by atoms with Crippen molar-refractivity contribution < 1.29 is 4.79 Å². The maximum Gasteiger partial charge on any atom is 0.272 e. The van der Waals surface area contributed by atoms with Crippen molar-refractivity contribution in [2.45, 2.75) is 6.54 Å². The zero-order chi connectivity index (χ0) is 13.8. The largest absolute Gasteiger partial charge is 0.347 e. The first-order valence-electron chi connectivity index (χ1n) is 6.19. The Kier molecular flexibility index (Phi) is 3.28. The summed E-state index contributed by atoms with van der Waals surface area (Å²) >= 11 is 0. The molecule has 3 aromatic rings. The number of hydrogen-bond acceptors (Lipinski definition) is 3. The highest BCUT2D eigenvalue weighted by atomic mass is 16.1. The monoisotopic (exact) mass is 267 g/mol. The van der Waals surface area contributed by atoms with Gasteiger partial charge in [0, 0.05) is 12.4 Å². The van der Waals surface area contributed by atoms with Gasteiger partial charge in [-0.05, 0) is 18.2 Å². The summed E-state index contributed by atoms with van der Waals surface area (Å²) < 4.78 is 1.67. The molecule has 0 bridgehead atoms. The molecule has 0 aliphatic rings. The van der Waals surface area contributed by atoms with Gasteiger partial charge in [0.05, 0.1) is 24.3 Å². The molecule has 20 heavy (non-hydrogen) atoms. The molecule has 0 unspecified atom stereocenters. The number of benzene rings is 1. The van der Waals surface area contributed by atoms with Crippen LogP contribution in [0.15, 0.2) is 55.1 Å². The van der Waals surface area contributed by atoms with Crippen LogP contribution >= 0.6 is 0 Å². The molecule has 1 aromatic carbocycles. The normalized spacial score (nSPS) is 10.4. The minimum absolute atomic E-state index is 0.214. The van der Waals surface area contributed by atoms with Gasteiger partial charge in [-0.3, -0.25) is 4.79 Å². The maximum absolute atomic E-state index is 12.0. The molecule has 0 aliphatic heterocycles. The van der Waals surface area contributed by atoms with E-state index >= 15 is 0 Å². The molecular formula is C14H13N5O. The van der Waals surface area contributed by atoms with Gasteiger partial charge in [-0.25, -0.2) is 9.67 Å². The number of aromatic nitrogens is 4. The Morgan fingerprint density at radius 2 is 2.10 bits per heavy atom. The second-order valence-corrected chi connectivity index (χ2v) is 4.24. The molecule has 100 valence electrons. The molecule has 1 amide bonds. The topological polar surface area (TPSA) is 75.6 Å². The first kappa shape index (κ1) is 12.2. The van der Waals surface area contributed by atoms with Crippen molar-refractivity contribution in [3.05, 3.63) is 66.5 Å². The van der Waals surface area contributed by atoms with Crippen LogP contribution in [0.5, 0.6) is 0 Å². The first-order valence-corrected chi connectivity index (χ1v) is 6.19. The van der Waals surface area contributed by atoms with E-state index in [4.69, 9.17) is 0 Å². The van der Waals surface area contributed by atoms with Crippen molar-refractivity contribution in [3.63, 3.8) is 0 Å². The predicted octanol–water partition coefficient (Wildman–Crippen LogP) is 1.53. The van der Waals surface area contributed by atoms with Crippen molar-refractivity contribution in [2.75, 3.05) is 0 Å². The van der Waals surface area contributed by atoms with Gasteiger partial charge >= 0.3 is 0 Å². The molecule has 6 nitrogen and oxygen atoms in total. The number of aromatic amines is 1. The van der Waals surface area contributed by atoms with E-state index < -0.39 is 0 Å². The Morgan fingerprint density at radius 1 is 1.25 bits per heavy atom. The van der Waals surface area contributed by atoms with E-state index in [2.05, 4.69) is 20.4 Å². The lowest BCUT2D eigenvalue weighted by Gasteiger charge is -2.01. The van der Waals surface area contributed by atoms with Crippen LogP contribution in [0.1, 0.15) is 16.2 Å². The smallest absolute Gasteiger partial charge is 0.272 e. The van der Waals surface area contributed by atoms with E-state index in [9.17, 15) is 4.79 Å². The van der Waals surface area contributed by atoms with Crippen molar-refractivity contribution >= 4 is 5.91 Å². The van der Waals surface area contributed by atoms with Crippen LogP contribution in [0, 0.1) is 0 Å². The number of hydrogen-bond donors (Lipinski definition) is 2. The van der Waals surface area contributed by atoms with Gasteiger partial charge in [0.15, 0.2) is 5.69 Å². The van der Waals surface area contributed by atoms with Gasteiger partial charge in [-0.15, -0.1) is 0 Å². The zero-order valence-corrected chi connectivity index (χ0v) is 10.7. The molecule has 2 N–H and O–H groups in total. The third kappa shape index (κ3) is 2.59. The number of carbonyl (C=O) groups is 1. The standard InChI is InChI=1S/C14H13N5O/c20-14(16-9-11-8-15-10-17-11)13-6-7-19(18-13)12-4-2-1-3-5-12/h1-8,10H,9H2,(H,15,17)(H,16,20). The SMILES string of the molecule is O=C(NCc1cnc[nH]1)c1ccn(-c2ccccc2)n1. The lowest BCUT2D eigenvalue weighted by molar-refractivity contribution is 0.0945. The number of imidazole rings is 1. The maximum atomic E-state index is 12.0. The fourth-order valence-electron chi connectivity index (χ4n) is 1.82. The van der Waals surface area contributed by atoms with Crippen LogP contribution in [0.3, 0.4) is 0 Å². The summed E-state index contributed by atoms with van der Waals surface area (Å²) in [4.78, 5) is 18.8. The predicted molar refractivity (Wildman–Crippen MR) is 73.3 cm³/mol. The van der Waals surface area contributed by atoms with Crippen molar-refractivity contribution in [1.29, 1.82) is 0 Å². The number of amides is 1. The third-order valence-electron chi connectivity index (χ3n) is 2.84. The Hall–Kier alpha value is -2.89. The summed E-state index contributed by atoms with van der Waals surface area (Å²) in [7, 11) is 0. The van der Waals surface area contributed by atoms with Gasteiger partial charge in [-0.1, -0.05) is 18.2 Å². The lowest BCUT2D eigenvalue weighted by atomic mass is 10.3. The molecule has 0 saturated carbocycles. The van der Waals surface area contributed by atoms with E-state index in [0.717, 1.165) is 11.4 Å². The van der Waals surface area contributed by atoms with Gasteiger partial charge in [0.25, 0.3) is 5.91 Å². The molecule has 6 heteroatoms. The van der Waals surface area contributed by atoms with Crippen LogP contribution in [0.2, 0.25) is 0 Å². The number of H-pyrrole nitrogens is 1. The quantitative estimate of drug-likeness (QED) is 0.752. The minimum atomic E-state index is -0.214. The molecule has 0 aliphatic carbocycles. The number of para-hydroxylation sites is 1. The van der Waals surface area contributed by atoms with Crippen molar-refractivity contribution in [1.82, 2.24) is 25.1 Å². The van der Waals surface area contributed by atoms with Crippen LogP contribution in [-0.2, 0) is 6.54 Å². The van der Waals surface area contributed by atoms with Crippen LogP contribution in [-0.4, -0.2) is 25.7 Å². The summed E-state index contributed by atoms with van der Waals surface area (Å²) in [6, 6.07) is 11.3. The van der Waals surface area contributed by atoms with Gasteiger partial charge in [0.1, 0.15) is 0 Å². The Balaban J connectivity index is 1.69. The molecule has 3 rings (SSSR count). The highest BCUT2D eigenvalue weighted by molar-refractivity contribution is 5.92. The fourth-order valence-corrected chi connectivity index (χ4v) is 1.82. The van der Waals surface area contributed by atoms with Crippen molar-refractivity contribution in [3.8, 4) is 5.69 Å². The van der Waals surface area contributed by atoms with E-state index in [1.54, 1.807) is 29.5 Å². The molecule has 0 spiro atoms. The third-order valence-corrected chi connectivity index (χ3v) is 2.84. The molecule has 2 aromatic heterocycles. The molecule has 0 fully saturated rings. The zero-order valence-electron chi connectivity index (χ0n) is 10.7. The lowest BCUT2D eigenvalue weighted by Crippen LogP contribution is -2.23.